The molecule has 2 heterocycles. The lowest BCUT2D eigenvalue weighted by Crippen LogP contribution is -2.49. The molecule has 0 aliphatic carbocycles. The van der Waals surface area contributed by atoms with Gasteiger partial charge in [-0.05, 0) is 43.4 Å². The van der Waals surface area contributed by atoms with E-state index < -0.39 is 12.0 Å². The number of aliphatic hydroxyl groups is 1. The standard InChI is InChI=1S/C15H18F3NO2/c16-15(17,18)21-13-3-1-2-10(6-13)7-14(20)8-11-4-5-12(9-14)19-11/h1-3,6,11-12,19-20H,4-5,7-9H2. The molecule has 2 aliphatic heterocycles. The summed E-state index contributed by atoms with van der Waals surface area (Å²) in [5, 5.41) is 14.2. The van der Waals surface area contributed by atoms with Crippen LogP contribution in [0, 0.1) is 0 Å². The smallest absolute Gasteiger partial charge is 0.406 e. The molecule has 0 amide bonds. The summed E-state index contributed by atoms with van der Waals surface area (Å²) in [5.41, 5.74) is -0.172. The Kier molecular flexibility index (Phi) is 3.61. The number of piperidine rings is 1. The third-order valence-corrected chi connectivity index (χ3v) is 4.25. The van der Waals surface area contributed by atoms with Gasteiger partial charge in [-0.3, -0.25) is 0 Å². The minimum atomic E-state index is -4.69. The van der Waals surface area contributed by atoms with Crippen molar-refractivity contribution in [1.29, 1.82) is 0 Å². The Hall–Kier alpha value is -1.27. The summed E-state index contributed by atoms with van der Waals surface area (Å²) in [4.78, 5) is 0. The fourth-order valence-electron chi connectivity index (χ4n) is 3.60. The topological polar surface area (TPSA) is 41.5 Å². The average molecular weight is 301 g/mol. The highest BCUT2D eigenvalue weighted by atomic mass is 19.4. The molecular weight excluding hydrogens is 283 g/mol. The van der Waals surface area contributed by atoms with Crippen molar-refractivity contribution >= 4 is 0 Å². The van der Waals surface area contributed by atoms with Gasteiger partial charge in [0.15, 0.2) is 0 Å². The lowest BCUT2D eigenvalue weighted by Gasteiger charge is -2.37. The lowest BCUT2D eigenvalue weighted by molar-refractivity contribution is -0.274. The van der Waals surface area contributed by atoms with E-state index in [1.807, 2.05) is 0 Å². The Morgan fingerprint density at radius 1 is 1.24 bits per heavy atom. The number of ether oxygens (including phenoxy) is 1. The molecule has 116 valence electrons. The Labute approximate surface area is 121 Å². The Bertz CT molecular complexity index is 506. The molecule has 1 aromatic rings. The predicted molar refractivity (Wildman–Crippen MR) is 71.0 cm³/mol. The van der Waals surface area contributed by atoms with Crippen LogP contribution in [0.15, 0.2) is 24.3 Å². The van der Waals surface area contributed by atoms with E-state index in [0.29, 0.717) is 36.9 Å². The van der Waals surface area contributed by atoms with Crippen molar-refractivity contribution in [3.8, 4) is 5.75 Å². The van der Waals surface area contributed by atoms with Crippen LogP contribution in [0.5, 0.6) is 5.75 Å². The number of hydrogen-bond acceptors (Lipinski definition) is 3. The van der Waals surface area contributed by atoms with E-state index in [4.69, 9.17) is 0 Å². The highest BCUT2D eigenvalue weighted by Crippen LogP contribution is 2.36. The zero-order valence-electron chi connectivity index (χ0n) is 11.5. The Morgan fingerprint density at radius 3 is 2.52 bits per heavy atom. The van der Waals surface area contributed by atoms with E-state index in [9.17, 15) is 18.3 Å². The summed E-state index contributed by atoms with van der Waals surface area (Å²) in [6.07, 6.45) is -0.920. The van der Waals surface area contributed by atoms with Crippen LogP contribution < -0.4 is 10.1 Å². The molecule has 21 heavy (non-hydrogen) atoms. The molecule has 3 rings (SSSR count). The normalized spacial score (nSPS) is 32.2. The molecule has 2 bridgehead atoms. The number of rotatable bonds is 3. The molecule has 0 saturated carbocycles. The molecule has 2 N–H and O–H groups in total. The molecule has 2 atom stereocenters. The second-order valence-electron chi connectivity index (χ2n) is 6.14. The number of nitrogens with one attached hydrogen (secondary N) is 1. The third kappa shape index (κ3) is 3.68. The summed E-state index contributed by atoms with van der Waals surface area (Å²) < 4.78 is 40.6. The molecule has 6 heteroatoms. The van der Waals surface area contributed by atoms with Crippen molar-refractivity contribution in [2.45, 2.75) is 56.2 Å². The van der Waals surface area contributed by atoms with Gasteiger partial charge in [0.25, 0.3) is 0 Å². The molecule has 2 saturated heterocycles. The van der Waals surface area contributed by atoms with Crippen molar-refractivity contribution in [3.63, 3.8) is 0 Å². The van der Waals surface area contributed by atoms with Crippen molar-refractivity contribution in [1.82, 2.24) is 5.32 Å². The fourth-order valence-corrected chi connectivity index (χ4v) is 3.60. The van der Waals surface area contributed by atoms with E-state index in [1.54, 1.807) is 6.07 Å². The van der Waals surface area contributed by atoms with Gasteiger partial charge in [0.2, 0.25) is 0 Å². The van der Waals surface area contributed by atoms with E-state index in [0.717, 1.165) is 12.8 Å². The zero-order valence-corrected chi connectivity index (χ0v) is 11.5. The third-order valence-electron chi connectivity index (χ3n) is 4.25. The van der Waals surface area contributed by atoms with Crippen molar-refractivity contribution in [2.24, 2.45) is 0 Å². The summed E-state index contributed by atoms with van der Waals surface area (Å²) in [7, 11) is 0. The number of hydrogen-bond donors (Lipinski definition) is 2. The van der Waals surface area contributed by atoms with Gasteiger partial charge in [-0.25, -0.2) is 0 Å². The maximum Gasteiger partial charge on any atom is 0.573 e. The second kappa shape index (κ2) is 5.18. The van der Waals surface area contributed by atoms with E-state index in [1.165, 1.54) is 18.2 Å². The average Bonchev–Trinajstić information content (AvgIpc) is 2.67. The van der Waals surface area contributed by atoms with Gasteiger partial charge < -0.3 is 15.2 Å². The Morgan fingerprint density at radius 2 is 1.90 bits per heavy atom. The SMILES string of the molecule is OC1(Cc2cccc(OC(F)(F)F)c2)CC2CCC(C1)N2. The second-order valence-corrected chi connectivity index (χ2v) is 6.14. The number of benzene rings is 1. The zero-order chi connectivity index (χ0) is 15.1. The molecule has 1 aromatic carbocycles. The van der Waals surface area contributed by atoms with Gasteiger partial charge in [-0.2, -0.15) is 0 Å². The summed E-state index contributed by atoms with van der Waals surface area (Å²) >= 11 is 0. The van der Waals surface area contributed by atoms with Gasteiger partial charge in [0.05, 0.1) is 5.60 Å². The van der Waals surface area contributed by atoms with Crippen LogP contribution in [0.1, 0.15) is 31.2 Å². The van der Waals surface area contributed by atoms with Crippen LogP contribution in [-0.4, -0.2) is 29.2 Å². The maximum atomic E-state index is 12.2. The van der Waals surface area contributed by atoms with Crippen LogP contribution in [-0.2, 0) is 6.42 Å². The van der Waals surface area contributed by atoms with E-state index >= 15 is 0 Å². The van der Waals surface area contributed by atoms with Gasteiger partial charge in [0, 0.05) is 18.5 Å². The summed E-state index contributed by atoms with van der Waals surface area (Å²) in [5.74, 6) is -0.236. The van der Waals surface area contributed by atoms with Crippen LogP contribution >= 0.6 is 0 Å². The van der Waals surface area contributed by atoms with Gasteiger partial charge in [0.1, 0.15) is 5.75 Å². The Balaban J connectivity index is 1.71. The van der Waals surface area contributed by atoms with Gasteiger partial charge in [-0.1, -0.05) is 12.1 Å². The van der Waals surface area contributed by atoms with Crippen LogP contribution in [0.2, 0.25) is 0 Å². The highest BCUT2D eigenvalue weighted by molar-refractivity contribution is 5.30. The van der Waals surface area contributed by atoms with Crippen molar-refractivity contribution < 1.29 is 23.0 Å². The molecule has 0 aromatic heterocycles. The largest absolute Gasteiger partial charge is 0.573 e. The van der Waals surface area contributed by atoms with Crippen molar-refractivity contribution in [3.05, 3.63) is 29.8 Å². The number of halogens is 3. The molecule has 2 aliphatic rings. The number of fused-ring (bicyclic) bond motifs is 2. The molecule has 0 spiro atoms. The first-order chi connectivity index (χ1) is 9.81. The monoisotopic (exact) mass is 301 g/mol. The van der Waals surface area contributed by atoms with Crippen LogP contribution in [0.3, 0.4) is 0 Å². The lowest BCUT2D eigenvalue weighted by atomic mass is 9.82. The fraction of sp³-hybridized carbons (Fsp3) is 0.600. The van der Waals surface area contributed by atoms with Crippen LogP contribution in [0.25, 0.3) is 0 Å². The first-order valence-electron chi connectivity index (χ1n) is 7.14. The minimum Gasteiger partial charge on any atom is -0.406 e. The predicted octanol–water partition coefficient (Wildman–Crippen LogP) is 2.77. The quantitative estimate of drug-likeness (QED) is 0.902. The molecular formula is C15H18F3NO2. The number of alkyl halides is 3. The van der Waals surface area contributed by atoms with Gasteiger partial charge in [-0.15, -0.1) is 13.2 Å². The van der Waals surface area contributed by atoms with Crippen LogP contribution in [0.4, 0.5) is 13.2 Å². The van der Waals surface area contributed by atoms with Crippen molar-refractivity contribution in [2.75, 3.05) is 0 Å². The highest BCUT2D eigenvalue weighted by Gasteiger charge is 2.42. The summed E-state index contributed by atoms with van der Waals surface area (Å²) in [6.45, 7) is 0. The first kappa shape index (κ1) is 14.7. The molecule has 2 fully saturated rings. The first-order valence-corrected chi connectivity index (χ1v) is 7.14. The summed E-state index contributed by atoms with van der Waals surface area (Å²) in [6, 6.07) is 6.52. The van der Waals surface area contributed by atoms with E-state index in [-0.39, 0.29) is 5.75 Å². The van der Waals surface area contributed by atoms with E-state index in [2.05, 4.69) is 10.1 Å². The molecule has 0 radical (unpaired) electrons. The minimum absolute atomic E-state index is 0.236. The van der Waals surface area contributed by atoms with Gasteiger partial charge >= 0.3 is 6.36 Å². The molecule has 2 unspecified atom stereocenters. The maximum absolute atomic E-state index is 12.2. The molecule has 3 nitrogen and oxygen atoms in total.